The van der Waals surface area contributed by atoms with Crippen LogP contribution in [0.4, 0.5) is 0 Å². The Kier molecular flexibility index (Phi) is 10.1. The van der Waals surface area contributed by atoms with Gasteiger partial charge in [0, 0.05) is 65.2 Å². The third-order valence-corrected chi connectivity index (χ3v) is 4.54. The molecule has 6 N–H and O–H groups in total. The zero-order valence-corrected chi connectivity index (χ0v) is 16.9. The van der Waals surface area contributed by atoms with E-state index in [0.29, 0.717) is 39.0 Å². The van der Waals surface area contributed by atoms with E-state index in [-0.39, 0.29) is 22.9 Å². The minimum atomic E-state index is -0.319. The highest BCUT2D eigenvalue weighted by atomic mass is 16.2. The Morgan fingerprint density at radius 3 is 1.19 bits per heavy atom. The quantitative estimate of drug-likeness (QED) is 0.376. The average molecular weight is 371 g/mol. The summed E-state index contributed by atoms with van der Waals surface area (Å²) in [5.74, 6) is 0.131. The highest BCUT2D eigenvalue weighted by Gasteiger charge is 2.27. The third kappa shape index (κ3) is 8.93. The summed E-state index contributed by atoms with van der Waals surface area (Å²) in [6, 6.07) is 0. The van der Waals surface area contributed by atoms with Crippen LogP contribution in [0.2, 0.25) is 0 Å². The van der Waals surface area contributed by atoms with Gasteiger partial charge in [-0.2, -0.15) is 0 Å². The number of carbonyl (C=O) groups excluding carboxylic acids is 2. The molecule has 2 amide bonds. The van der Waals surface area contributed by atoms with Crippen LogP contribution in [0.15, 0.2) is 0 Å². The van der Waals surface area contributed by atoms with Gasteiger partial charge in [-0.3, -0.25) is 9.59 Å². The topological polar surface area (TPSA) is 106 Å². The monoisotopic (exact) mass is 370 g/mol. The lowest BCUT2D eigenvalue weighted by Crippen LogP contribution is -2.61. The Morgan fingerprint density at radius 1 is 0.692 bits per heavy atom. The van der Waals surface area contributed by atoms with E-state index in [1.165, 1.54) is 0 Å². The second kappa shape index (κ2) is 11.5. The van der Waals surface area contributed by atoms with Gasteiger partial charge in [-0.25, -0.2) is 0 Å². The van der Waals surface area contributed by atoms with Crippen LogP contribution in [0.25, 0.3) is 0 Å². The maximum Gasteiger partial charge on any atom is 0.220 e. The molecule has 26 heavy (non-hydrogen) atoms. The molecule has 8 nitrogen and oxygen atoms in total. The van der Waals surface area contributed by atoms with Gasteiger partial charge in [0.1, 0.15) is 0 Å². The minimum Gasteiger partial charge on any atom is -0.348 e. The SMILES string of the molecule is CCC(=O)NC1(C)CNCCNCC(C)(NC(=O)CC)CNCCNC1. The number of nitrogens with one attached hydrogen (secondary N) is 6. The fourth-order valence-electron chi connectivity index (χ4n) is 2.96. The van der Waals surface area contributed by atoms with Gasteiger partial charge in [-0.1, -0.05) is 13.8 Å². The van der Waals surface area contributed by atoms with Gasteiger partial charge < -0.3 is 31.9 Å². The van der Waals surface area contributed by atoms with Crippen molar-refractivity contribution in [2.24, 2.45) is 0 Å². The Balaban J connectivity index is 2.60. The second-order valence-corrected chi connectivity index (χ2v) is 7.63. The molecular formula is C18H38N6O2. The van der Waals surface area contributed by atoms with E-state index < -0.39 is 0 Å². The molecule has 152 valence electrons. The van der Waals surface area contributed by atoms with E-state index in [0.717, 1.165) is 26.2 Å². The molecule has 0 atom stereocenters. The van der Waals surface area contributed by atoms with Crippen LogP contribution in [0.3, 0.4) is 0 Å². The average Bonchev–Trinajstić information content (AvgIpc) is 2.60. The Morgan fingerprint density at radius 2 is 0.962 bits per heavy atom. The lowest BCUT2D eigenvalue weighted by Gasteiger charge is -2.34. The van der Waals surface area contributed by atoms with Crippen LogP contribution in [-0.2, 0) is 9.59 Å². The fourth-order valence-corrected chi connectivity index (χ4v) is 2.96. The predicted octanol–water partition coefficient (Wildman–Crippen LogP) is -1.07. The van der Waals surface area contributed by atoms with Crippen LogP contribution >= 0.6 is 0 Å². The molecule has 1 saturated heterocycles. The first kappa shape index (κ1) is 22.8. The molecule has 0 spiro atoms. The van der Waals surface area contributed by atoms with Crippen LogP contribution in [0.1, 0.15) is 40.5 Å². The maximum absolute atomic E-state index is 11.8. The number of carbonyl (C=O) groups is 2. The van der Waals surface area contributed by atoms with Gasteiger partial charge in [0.15, 0.2) is 0 Å². The molecular weight excluding hydrogens is 332 g/mol. The van der Waals surface area contributed by atoms with Crippen LogP contribution in [0.5, 0.6) is 0 Å². The zero-order chi connectivity index (χ0) is 19.5. The molecule has 8 heteroatoms. The molecule has 0 aromatic carbocycles. The molecule has 0 aliphatic carbocycles. The number of hydrogen-bond donors (Lipinski definition) is 6. The molecule has 1 heterocycles. The number of rotatable bonds is 4. The third-order valence-electron chi connectivity index (χ3n) is 4.54. The lowest BCUT2D eigenvalue weighted by molar-refractivity contribution is -0.123. The van der Waals surface area contributed by atoms with Crippen LogP contribution < -0.4 is 31.9 Å². The summed E-state index contributed by atoms with van der Waals surface area (Å²) in [5, 5.41) is 19.9. The molecule has 0 radical (unpaired) electrons. The molecule has 0 unspecified atom stereocenters. The van der Waals surface area contributed by atoms with Crippen molar-refractivity contribution in [3.05, 3.63) is 0 Å². The fraction of sp³-hybridized carbons (Fsp3) is 0.889. The predicted molar refractivity (Wildman–Crippen MR) is 105 cm³/mol. The highest BCUT2D eigenvalue weighted by Crippen LogP contribution is 2.03. The summed E-state index contributed by atoms with van der Waals surface area (Å²) in [6.45, 7) is 13.8. The minimum absolute atomic E-state index is 0.0656. The van der Waals surface area contributed by atoms with Gasteiger partial charge in [0.25, 0.3) is 0 Å². The van der Waals surface area contributed by atoms with Gasteiger partial charge in [-0.05, 0) is 13.8 Å². The van der Waals surface area contributed by atoms with E-state index in [1.54, 1.807) is 0 Å². The van der Waals surface area contributed by atoms with Gasteiger partial charge in [0.05, 0.1) is 11.1 Å². The van der Waals surface area contributed by atoms with E-state index in [4.69, 9.17) is 0 Å². The number of hydrogen-bond acceptors (Lipinski definition) is 6. The Bertz CT molecular complexity index is 387. The van der Waals surface area contributed by atoms with E-state index in [1.807, 2.05) is 13.8 Å². The lowest BCUT2D eigenvalue weighted by atomic mass is 10.0. The second-order valence-electron chi connectivity index (χ2n) is 7.63. The first-order valence-corrected chi connectivity index (χ1v) is 9.77. The smallest absolute Gasteiger partial charge is 0.220 e. The van der Waals surface area contributed by atoms with Crippen molar-refractivity contribution in [3.8, 4) is 0 Å². The summed E-state index contributed by atoms with van der Waals surface area (Å²) < 4.78 is 0. The van der Waals surface area contributed by atoms with E-state index >= 15 is 0 Å². The molecule has 0 aromatic heterocycles. The summed E-state index contributed by atoms with van der Waals surface area (Å²) in [5.41, 5.74) is -0.637. The largest absolute Gasteiger partial charge is 0.348 e. The van der Waals surface area contributed by atoms with Crippen molar-refractivity contribution in [1.82, 2.24) is 31.9 Å². The standard InChI is InChI=1S/C18H38N6O2/c1-5-15(25)23-17(3)11-19-7-9-21-13-18(4,24-16(26)6-2)14-22-10-8-20-12-17/h19-22H,5-14H2,1-4H3,(H,23,25)(H,24,26). The summed E-state index contributed by atoms with van der Waals surface area (Å²) in [7, 11) is 0. The van der Waals surface area contributed by atoms with Gasteiger partial charge in [-0.15, -0.1) is 0 Å². The highest BCUT2D eigenvalue weighted by molar-refractivity contribution is 5.76. The Labute approximate surface area is 158 Å². The van der Waals surface area contributed by atoms with E-state index in [9.17, 15) is 9.59 Å². The molecule has 1 aliphatic rings. The van der Waals surface area contributed by atoms with Crippen LogP contribution in [-0.4, -0.2) is 75.3 Å². The summed E-state index contributed by atoms with van der Waals surface area (Å²) >= 11 is 0. The van der Waals surface area contributed by atoms with Crippen molar-refractivity contribution in [2.75, 3.05) is 52.4 Å². The van der Waals surface area contributed by atoms with Crippen molar-refractivity contribution in [1.29, 1.82) is 0 Å². The van der Waals surface area contributed by atoms with Crippen molar-refractivity contribution >= 4 is 11.8 Å². The van der Waals surface area contributed by atoms with Gasteiger partial charge in [0.2, 0.25) is 11.8 Å². The Hall–Kier alpha value is -1.22. The molecule has 0 aromatic rings. The molecule has 0 saturated carbocycles. The number of amides is 2. The van der Waals surface area contributed by atoms with Crippen LogP contribution in [0, 0.1) is 0 Å². The molecule has 1 aliphatic heterocycles. The molecule has 0 bridgehead atoms. The first-order valence-electron chi connectivity index (χ1n) is 9.77. The van der Waals surface area contributed by atoms with Crippen molar-refractivity contribution in [3.63, 3.8) is 0 Å². The molecule has 1 rings (SSSR count). The summed E-state index contributed by atoms with van der Waals surface area (Å²) in [6.07, 6.45) is 0.974. The summed E-state index contributed by atoms with van der Waals surface area (Å²) in [4.78, 5) is 23.6. The first-order chi connectivity index (χ1) is 12.3. The maximum atomic E-state index is 11.8. The van der Waals surface area contributed by atoms with Crippen molar-refractivity contribution in [2.45, 2.75) is 51.6 Å². The van der Waals surface area contributed by atoms with Crippen molar-refractivity contribution < 1.29 is 9.59 Å². The van der Waals surface area contributed by atoms with Gasteiger partial charge >= 0.3 is 0 Å². The zero-order valence-electron chi connectivity index (χ0n) is 16.9. The molecule has 1 fully saturated rings. The normalized spacial score (nSPS) is 29.4. The van der Waals surface area contributed by atoms with E-state index in [2.05, 4.69) is 45.7 Å².